The van der Waals surface area contributed by atoms with E-state index in [0.717, 1.165) is 5.56 Å². The van der Waals surface area contributed by atoms with Crippen LogP contribution in [0.4, 0.5) is 0 Å². The van der Waals surface area contributed by atoms with Crippen molar-refractivity contribution in [1.29, 1.82) is 0 Å². The van der Waals surface area contributed by atoms with Crippen LogP contribution in [-0.2, 0) is 11.3 Å². The van der Waals surface area contributed by atoms with E-state index in [1.165, 1.54) is 5.01 Å². The minimum atomic E-state index is -0.124. The Labute approximate surface area is 118 Å². The SMILES string of the molecule is Cc1cnn(CCC(=O)NN(CC(C)C)C(N)=S)c1. The van der Waals surface area contributed by atoms with Crippen LogP contribution in [0.25, 0.3) is 0 Å². The first-order valence-corrected chi connectivity index (χ1v) is 6.65. The molecule has 3 N–H and O–H groups in total. The highest BCUT2D eigenvalue weighted by molar-refractivity contribution is 7.80. The van der Waals surface area contributed by atoms with Gasteiger partial charge in [-0.05, 0) is 30.6 Å². The molecular formula is C12H21N5OS. The van der Waals surface area contributed by atoms with Crippen LogP contribution in [0.1, 0.15) is 25.8 Å². The highest BCUT2D eigenvalue weighted by Crippen LogP contribution is 1.98. The fourth-order valence-electron chi connectivity index (χ4n) is 1.57. The van der Waals surface area contributed by atoms with Crippen molar-refractivity contribution < 1.29 is 4.79 Å². The predicted molar refractivity (Wildman–Crippen MR) is 78.1 cm³/mol. The fourth-order valence-corrected chi connectivity index (χ4v) is 1.69. The predicted octanol–water partition coefficient (Wildman–Crippen LogP) is 0.814. The highest BCUT2D eigenvalue weighted by atomic mass is 32.1. The molecule has 0 fully saturated rings. The Balaban J connectivity index is 2.42. The fraction of sp³-hybridized carbons (Fsp3) is 0.583. The zero-order valence-electron chi connectivity index (χ0n) is 11.6. The molecule has 1 aromatic heterocycles. The summed E-state index contributed by atoms with van der Waals surface area (Å²) in [5.74, 6) is 0.233. The van der Waals surface area contributed by atoms with Crippen molar-refractivity contribution in [3.63, 3.8) is 0 Å². The Bertz CT molecular complexity index is 443. The van der Waals surface area contributed by atoms with Crippen LogP contribution < -0.4 is 11.2 Å². The van der Waals surface area contributed by atoms with Gasteiger partial charge < -0.3 is 5.73 Å². The Morgan fingerprint density at radius 3 is 2.79 bits per heavy atom. The van der Waals surface area contributed by atoms with Crippen molar-refractivity contribution in [2.75, 3.05) is 6.54 Å². The molecule has 6 nitrogen and oxygen atoms in total. The number of nitrogens with one attached hydrogen (secondary N) is 1. The summed E-state index contributed by atoms with van der Waals surface area (Å²) < 4.78 is 1.74. The van der Waals surface area contributed by atoms with Crippen LogP contribution in [0, 0.1) is 12.8 Å². The number of amides is 1. The minimum absolute atomic E-state index is 0.124. The van der Waals surface area contributed by atoms with E-state index >= 15 is 0 Å². The maximum Gasteiger partial charge on any atom is 0.240 e. The normalized spacial score (nSPS) is 10.5. The van der Waals surface area contributed by atoms with Crippen LogP contribution in [0.2, 0.25) is 0 Å². The molecule has 0 aliphatic carbocycles. The topological polar surface area (TPSA) is 76.2 Å². The second kappa shape index (κ2) is 7.08. The lowest BCUT2D eigenvalue weighted by atomic mass is 10.2. The van der Waals surface area contributed by atoms with Crippen molar-refractivity contribution in [2.45, 2.75) is 33.7 Å². The van der Waals surface area contributed by atoms with E-state index in [-0.39, 0.29) is 11.0 Å². The Kier molecular flexibility index (Phi) is 5.75. The summed E-state index contributed by atoms with van der Waals surface area (Å²) in [4.78, 5) is 11.8. The Morgan fingerprint density at radius 1 is 1.63 bits per heavy atom. The second-order valence-corrected chi connectivity index (χ2v) is 5.33. The first-order valence-electron chi connectivity index (χ1n) is 6.24. The van der Waals surface area contributed by atoms with Crippen LogP contribution in [0.3, 0.4) is 0 Å². The number of nitrogens with two attached hydrogens (primary N) is 1. The summed E-state index contributed by atoms with van der Waals surface area (Å²) in [5, 5.41) is 5.81. The number of aromatic nitrogens is 2. The van der Waals surface area contributed by atoms with Gasteiger partial charge in [0.25, 0.3) is 0 Å². The molecule has 0 spiro atoms. The Morgan fingerprint density at radius 2 is 2.32 bits per heavy atom. The molecule has 0 atom stereocenters. The van der Waals surface area contributed by atoms with E-state index in [4.69, 9.17) is 18.0 Å². The van der Waals surface area contributed by atoms with E-state index in [1.54, 1.807) is 10.9 Å². The summed E-state index contributed by atoms with van der Waals surface area (Å²) in [6.07, 6.45) is 3.99. The number of aryl methyl sites for hydroxylation is 2. The van der Waals surface area contributed by atoms with Gasteiger partial charge in [0.1, 0.15) is 0 Å². The third kappa shape index (κ3) is 5.69. The molecule has 0 aromatic carbocycles. The van der Waals surface area contributed by atoms with Crippen molar-refractivity contribution in [3.8, 4) is 0 Å². The average Bonchev–Trinajstić information content (AvgIpc) is 2.71. The molecule has 1 aromatic rings. The van der Waals surface area contributed by atoms with Crippen LogP contribution in [-0.4, -0.2) is 32.4 Å². The number of rotatable bonds is 5. The number of nitrogens with zero attached hydrogens (tertiary/aromatic N) is 3. The van der Waals surface area contributed by atoms with Gasteiger partial charge in [0, 0.05) is 25.7 Å². The zero-order chi connectivity index (χ0) is 14.4. The van der Waals surface area contributed by atoms with Crippen molar-refractivity contribution in [2.24, 2.45) is 11.7 Å². The van der Waals surface area contributed by atoms with Gasteiger partial charge in [-0.25, -0.2) is 0 Å². The molecule has 19 heavy (non-hydrogen) atoms. The lowest BCUT2D eigenvalue weighted by Crippen LogP contribution is -2.50. The van der Waals surface area contributed by atoms with Gasteiger partial charge in [0.05, 0.1) is 6.20 Å². The lowest BCUT2D eigenvalue weighted by molar-refractivity contribution is -0.124. The lowest BCUT2D eigenvalue weighted by Gasteiger charge is -2.25. The van der Waals surface area contributed by atoms with Crippen molar-refractivity contribution >= 4 is 23.2 Å². The number of hydrogen-bond acceptors (Lipinski definition) is 3. The van der Waals surface area contributed by atoms with Gasteiger partial charge in [-0.1, -0.05) is 13.8 Å². The first kappa shape index (κ1) is 15.4. The number of carbonyl (C=O) groups excluding carboxylic acids is 1. The monoisotopic (exact) mass is 283 g/mol. The molecule has 0 radical (unpaired) electrons. The third-order valence-corrected chi connectivity index (χ3v) is 2.62. The molecule has 0 aliphatic heterocycles. The minimum Gasteiger partial charge on any atom is -0.375 e. The molecule has 0 bridgehead atoms. The van der Waals surface area contributed by atoms with E-state index in [0.29, 0.717) is 25.4 Å². The molecular weight excluding hydrogens is 262 g/mol. The zero-order valence-corrected chi connectivity index (χ0v) is 12.4. The highest BCUT2D eigenvalue weighted by Gasteiger charge is 2.12. The molecule has 0 saturated carbocycles. The smallest absolute Gasteiger partial charge is 0.240 e. The largest absolute Gasteiger partial charge is 0.375 e. The van der Waals surface area contributed by atoms with E-state index in [1.807, 2.05) is 27.0 Å². The molecule has 0 saturated heterocycles. The maximum atomic E-state index is 11.8. The molecule has 0 unspecified atom stereocenters. The number of carbonyl (C=O) groups is 1. The number of thiocarbonyl (C=S) groups is 1. The van der Waals surface area contributed by atoms with Crippen molar-refractivity contribution in [3.05, 3.63) is 18.0 Å². The molecule has 1 rings (SSSR count). The van der Waals surface area contributed by atoms with Gasteiger partial charge in [0.15, 0.2) is 5.11 Å². The van der Waals surface area contributed by atoms with E-state index in [9.17, 15) is 4.79 Å². The van der Waals surface area contributed by atoms with Crippen LogP contribution in [0.5, 0.6) is 0 Å². The molecule has 106 valence electrons. The van der Waals surface area contributed by atoms with Gasteiger partial charge in [-0.15, -0.1) is 0 Å². The number of hydrogen-bond donors (Lipinski definition) is 2. The first-order chi connectivity index (χ1) is 8.88. The molecule has 7 heteroatoms. The van der Waals surface area contributed by atoms with E-state index in [2.05, 4.69) is 10.5 Å². The van der Waals surface area contributed by atoms with Gasteiger partial charge in [-0.2, -0.15) is 5.10 Å². The van der Waals surface area contributed by atoms with Gasteiger partial charge in [-0.3, -0.25) is 19.9 Å². The summed E-state index contributed by atoms with van der Waals surface area (Å²) in [5.41, 5.74) is 9.35. The average molecular weight is 283 g/mol. The third-order valence-electron chi connectivity index (χ3n) is 2.40. The van der Waals surface area contributed by atoms with Gasteiger partial charge in [0.2, 0.25) is 5.91 Å². The summed E-state index contributed by atoms with van der Waals surface area (Å²) >= 11 is 4.91. The molecule has 1 amide bonds. The standard InChI is InChI=1S/C12H21N5OS/c1-9(2)7-17(12(13)19)15-11(18)4-5-16-8-10(3)6-14-16/h6,8-9H,4-5,7H2,1-3H3,(H2,13,19)(H,15,18). The summed E-state index contributed by atoms with van der Waals surface area (Å²) in [7, 11) is 0. The molecule has 0 aliphatic rings. The number of hydrazine groups is 1. The summed E-state index contributed by atoms with van der Waals surface area (Å²) in [6, 6.07) is 0. The quantitative estimate of drug-likeness (QED) is 0.618. The van der Waals surface area contributed by atoms with Crippen LogP contribution in [0.15, 0.2) is 12.4 Å². The van der Waals surface area contributed by atoms with Gasteiger partial charge >= 0.3 is 0 Å². The van der Waals surface area contributed by atoms with E-state index < -0.39 is 0 Å². The van der Waals surface area contributed by atoms with Crippen molar-refractivity contribution in [1.82, 2.24) is 20.2 Å². The second-order valence-electron chi connectivity index (χ2n) is 4.91. The molecule has 1 heterocycles. The summed E-state index contributed by atoms with van der Waals surface area (Å²) in [6.45, 7) is 7.16. The Hall–Kier alpha value is -1.63. The van der Waals surface area contributed by atoms with Crippen LogP contribution >= 0.6 is 12.2 Å². The maximum absolute atomic E-state index is 11.8.